The molecule has 2 atom stereocenters. The fraction of sp³-hybridized carbons (Fsp3) is 0.483. The predicted octanol–water partition coefficient (Wildman–Crippen LogP) is 7.18. The number of rotatable bonds is 3. The zero-order valence-electron chi connectivity index (χ0n) is 19.5. The van der Waals surface area contributed by atoms with E-state index in [1.54, 1.807) is 23.3 Å². The lowest BCUT2D eigenvalue weighted by Crippen LogP contribution is -2.35. The van der Waals surface area contributed by atoms with Gasteiger partial charge in [0.15, 0.2) is 0 Å². The third-order valence-electron chi connectivity index (χ3n) is 8.57. The first-order valence-electron chi connectivity index (χ1n) is 11.8. The lowest BCUT2D eigenvalue weighted by Gasteiger charge is -2.43. The Kier molecular flexibility index (Phi) is 4.36. The van der Waals surface area contributed by atoms with Crippen molar-refractivity contribution in [1.82, 2.24) is 0 Å². The van der Waals surface area contributed by atoms with Crippen LogP contribution in [0, 0.1) is 12.8 Å². The quantitative estimate of drug-likeness (QED) is 0.578. The second-order valence-electron chi connectivity index (χ2n) is 11.5. The summed E-state index contributed by atoms with van der Waals surface area (Å²) >= 11 is 0. The lowest BCUT2D eigenvalue weighted by atomic mass is 9.61. The van der Waals surface area contributed by atoms with Gasteiger partial charge < -0.3 is 5.11 Å². The van der Waals surface area contributed by atoms with Crippen molar-refractivity contribution in [2.45, 2.75) is 83.0 Å². The number of aromatic carboxylic acids is 1. The van der Waals surface area contributed by atoms with E-state index in [0.717, 1.165) is 17.9 Å². The van der Waals surface area contributed by atoms with Crippen LogP contribution in [0.4, 0.5) is 0 Å². The minimum Gasteiger partial charge on any atom is -0.478 e. The number of hydrogen-bond donors (Lipinski definition) is 1. The normalized spacial score (nSPS) is 28.8. The van der Waals surface area contributed by atoms with Gasteiger partial charge in [-0.05, 0) is 95.7 Å². The molecular formula is C29H34O2. The zero-order chi connectivity index (χ0) is 22.2. The second kappa shape index (κ2) is 6.58. The van der Waals surface area contributed by atoms with E-state index in [1.807, 2.05) is 12.1 Å². The van der Waals surface area contributed by atoms with E-state index in [-0.39, 0.29) is 16.2 Å². The number of carboxylic acids is 1. The van der Waals surface area contributed by atoms with Gasteiger partial charge in [-0.3, -0.25) is 0 Å². The minimum absolute atomic E-state index is 0.197. The summed E-state index contributed by atoms with van der Waals surface area (Å²) in [4.78, 5) is 11.2. The molecule has 0 amide bonds. The van der Waals surface area contributed by atoms with E-state index in [0.29, 0.717) is 5.56 Å². The summed E-state index contributed by atoms with van der Waals surface area (Å²) in [5.41, 5.74) is 9.79. The van der Waals surface area contributed by atoms with Gasteiger partial charge in [0, 0.05) is 5.41 Å². The highest BCUT2D eigenvalue weighted by molar-refractivity contribution is 5.87. The van der Waals surface area contributed by atoms with Crippen molar-refractivity contribution in [3.8, 4) is 0 Å². The van der Waals surface area contributed by atoms with Crippen LogP contribution >= 0.6 is 0 Å². The van der Waals surface area contributed by atoms with Gasteiger partial charge in [0.25, 0.3) is 0 Å². The van der Waals surface area contributed by atoms with Crippen molar-refractivity contribution in [2.75, 3.05) is 0 Å². The van der Waals surface area contributed by atoms with Gasteiger partial charge in [0.05, 0.1) is 5.56 Å². The van der Waals surface area contributed by atoms with Gasteiger partial charge in [-0.15, -0.1) is 0 Å². The molecule has 0 aromatic heterocycles. The Balaban J connectivity index is 1.59. The van der Waals surface area contributed by atoms with Gasteiger partial charge in [-0.2, -0.15) is 0 Å². The van der Waals surface area contributed by atoms with Gasteiger partial charge >= 0.3 is 5.97 Å². The minimum atomic E-state index is -0.867. The average Bonchev–Trinajstić information content (AvgIpc) is 3.35. The fourth-order valence-corrected chi connectivity index (χ4v) is 6.65. The molecule has 2 saturated carbocycles. The number of hydrogen-bond acceptors (Lipinski definition) is 1. The summed E-state index contributed by atoms with van der Waals surface area (Å²) in [7, 11) is 0. The first-order valence-corrected chi connectivity index (χ1v) is 11.8. The topological polar surface area (TPSA) is 37.3 Å². The standard InChI is InChI=1S/C29H34O2/c1-18-14-23(16-24-25(18)28(4,5)13-12-27(24,2)3)29-17-22(29)11-10-21(29)15-19-6-8-20(9-7-19)26(30)31/h6-9,14-16,22H,10-13,17H2,1-5H3,(H,30,31)/b21-15+. The lowest BCUT2D eigenvalue weighted by molar-refractivity contribution is 0.0697. The van der Waals surface area contributed by atoms with Gasteiger partial charge in [-0.1, -0.05) is 63.6 Å². The van der Waals surface area contributed by atoms with Crippen LogP contribution in [0.3, 0.4) is 0 Å². The number of aryl methyl sites for hydroxylation is 1. The van der Waals surface area contributed by atoms with Crippen LogP contribution in [0.1, 0.15) is 98.0 Å². The molecule has 1 N–H and O–H groups in total. The smallest absolute Gasteiger partial charge is 0.335 e. The fourth-order valence-electron chi connectivity index (χ4n) is 6.65. The molecule has 0 heterocycles. The van der Waals surface area contributed by atoms with Crippen molar-refractivity contribution < 1.29 is 9.90 Å². The van der Waals surface area contributed by atoms with E-state index in [2.05, 4.69) is 52.8 Å². The number of carbonyl (C=O) groups is 1. The van der Waals surface area contributed by atoms with Crippen molar-refractivity contribution in [2.24, 2.45) is 5.92 Å². The zero-order valence-corrected chi connectivity index (χ0v) is 19.5. The second-order valence-corrected chi connectivity index (χ2v) is 11.5. The number of carboxylic acid groups (broad SMARTS) is 1. The maximum atomic E-state index is 11.2. The molecule has 0 aliphatic heterocycles. The van der Waals surface area contributed by atoms with Crippen LogP contribution in [0.2, 0.25) is 0 Å². The third-order valence-corrected chi connectivity index (χ3v) is 8.57. The molecule has 3 aliphatic rings. The van der Waals surface area contributed by atoms with Crippen molar-refractivity contribution in [3.05, 3.63) is 75.4 Å². The molecular weight excluding hydrogens is 380 g/mol. The molecule has 2 aromatic carbocycles. The Morgan fingerprint density at radius 3 is 2.35 bits per heavy atom. The van der Waals surface area contributed by atoms with Crippen LogP contribution in [0.25, 0.3) is 6.08 Å². The van der Waals surface area contributed by atoms with Crippen LogP contribution in [0.5, 0.6) is 0 Å². The first kappa shape index (κ1) is 20.5. The highest BCUT2D eigenvalue weighted by Crippen LogP contribution is 2.68. The van der Waals surface area contributed by atoms with Crippen LogP contribution in [0.15, 0.2) is 42.0 Å². The molecule has 0 radical (unpaired) electrons. The SMILES string of the molecule is Cc1cc(C23CC2CC/C3=C\c2ccc(C(=O)O)cc2)cc2c1C(C)(C)CCC2(C)C. The number of benzene rings is 2. The first-order chi connectivity index (χ1) is 14.5. The number of allylic oxidation sites excluding steroid dienone is 1. The van der Waals surface area contributed by atoms with Gasteiger partial charge in [-0.25, -0.2) is 4.79 Å². The molecule has 0 bridgehead atoms. The molecule has 0 saturated heterocycles. The van der Waals surface area contributed by atoms with E-state index in [1.165, 1.54) is 42.4 Å². The predicted molar refractivity (Wildman–Crippen MR) is 127 cm³/mol. The summed E-state index contributed by atoms with van der Waals surface area (Å²) in [5, 5.41) is 9.18. The van der Waals surface area contributed by atoms with E-state index < -0.39 is 5.97 Å². The monoisotopic (exact) mass is 414 g/mol. The molecule has 162 valence electrons. The summed E-state index contributed by atoms with van der Waals surface area (Å²) in [6, 6.07) is 12.4. The third kappa shape index (κ3) is 3.10. The highest BCUT2D eigenvalue weighted by atomic mass is 16.4. The molecule has 2 unspecified atom stereocenters. The Hall–Kier alpha value is -2.35. The van der Waals surface area contributed by atoms with E-state index >= 15 is 0 Å². The molecule has 2 aromatic rings. The largest absolute Gasteiger partial charge is 0.478 e. The molecule has 5 rings (SSSR count). The van der Waals surface area contributed by atoms with Crippen molar-refractivity contribution >= 4 is 12.0 Å². The molecule has 31 heavy (non-hydrogen) atoms. The molecule has 2 nitrogen and oxygen atoms in total. The van der Waals surface area contributed by atoms with Crippen LogP contribution in [-0.4, -0.2) is 11.1 Å². The summed E-state index contributed by atoms with van der Waals surface area (Å²) in [6.45, 7) is 12.0. The van der Waals surface area contributed by atoms with E-state index in [9.17, 15) is 9.90 Å². The van der Waals surface area contributed by atoms with Crippen molar-refractivity contribution in [1.29, 1.82) is 0 Å². The molecule has 3 aliphatic carbocycles. The van der Waals surface area contributed by atoms with Crippen LogP contribution in [-0.2, 0) is 16.2 Å². The number of fused-ring (bicyclic) bond motifs is 2. The average molecular weight is 415 g/mol. The molecule has 0 spiro atoms. The molecule has 2 heteroatoms. The summed E-state index contributed by atoms with van der Waals surface area (Å²) in [6.07, 6.45) is 8.50. The summed E-state index contributed by atoms with van der Waals surface area (Å²) < 4.78 is 0. The maximum absolute atomic E-state index is 11.2. The highest BCUT2D eigenvalue weighted by Gasteiger charge is 2.61. The maximum Gasteiger partial charge on any atom is 0.335 e. The van der Waals surface area contributed by atoms with Gasteiger partial charge in [0.1, 0.15) is 0 Å². The van der Waals surface area contributed by atoms with E-state index in [4.69, 9.17) is 0 Å². The van der Waals surface area contributed by atoms with Crippen LogP contribution < -0.4 is 0 Å². The van der Waals surface area contributed by atoms with Crippen molar-refractivity contribution in [3.63, 3.8) is 0 Å². The summed E-state index contributed by atoms with van der Waals surface area (Å²) in [5.74, 6) is -0.108. The Morgan fingerprint density at radius 1 is 1.03 bits per heavy atom. The Labute approximate surface area is 186 Å². The van der Waals surface area contributed by atoms with Gasteiger partial charge in [0.2, 0.25) is 0 Å². The Morgan fingerprint density at radius 2 is 1.71 bits per heavy atom. The molecule has 2 fully saturated rings. The Bertz CT molecular complexity index is 1100.